The summed E-state index contributed by atoms with van der Waals surface area (Å²) in [7, 11) is 0. The third-order valence-corrected chi connectivity index (χ3v) is 4.89. The fourth-order valence-electron chi connectivity index (χ4n) is 3.24. The number of hydrogen-bond acceptors (Lipinski definition) is 4. The summed E-state index contributed by atoms with van der Waals surface area (Å²) >= 11 is 0. The number of carbonyl (C=O) groups excluding carboxylic acids is 1. The molecular formula is C19H21FN4O. The van der Waals surface area contributed by atoms with E-state index < -0.39 is 0 Å². The van der Waals surface area contributed by atoms with E-state index in [1.165, 1.54) is 18.5 Å². The van der Waals surface area contributed by atoms with Crippen LogP contribution in [0.2, 0.25) is 0 Å². The van der Waals surface area contributed by atoms with E-state index in [4.69, 9.17) is 0 Å². The first-order valence-corrected chi connectivity index (χ1v) is 8.82. The fraction of sp³-hybridized carbons (Fsp3) is 0.421. The van der Waals surface area contributed by atoms with Crippen molar-refractivity contribution in [2.45, 2.75) is 31.7 Å². The first kappa shape index (κ1) is 16.0. The van der Waals surface area contributed by atoms with Crippen LogP contribution in [0.15, 0.2) is 36.7 Å². The van der Waals surface area contributed by atoms with E-state index in [1.54, 1.807) is 6.07 Å². The Morgan fingerprint density at radius 3 is 2.64 bits per heavy atom. The Bertz CT molecular complexity index is 770. The number of anilines is 1. The molecule has 1 aliphatic heterocycles. The predicted octanol–water partition coefficient (Wildman–Crippen LogP) is 2.78. The maximum Gasteiger partial charge on any atom is 0.223 e. The zero-order chi connectivity index (χ0) is 17.2. The highest BCUT2D eigenvalue weighted by molar-refractivity contribution is 5.79. The molecule has 1 saturated heterocycles. The van der Waals surface area contributed by atoms with Crippen LogP contribution in [0, 0.1) is 11.7 Å². The molecule has 1 N–H and O–H groups in total. The van der Waals surface area contributed by atoms with Crippen molar-refractivity contribution < 1.29 is 9.18 Å². The van der Waals surface area contributed by atoms with Gasteiger partial charge < -0.3 is 10.2 Å². The van der Waals surface area contributed by atoms with E-state index in [2.05, 4.69) is 20.2 Å². The van der Waals surface area contributed by atoms with E-state index >= 15 is 0 Å². The molecule has 1 aliphatic carbocycles. The standard InChI is InChI=1S/C19H21FN4O/c20-15-3-1-2-14(10-15)17-11-18(22-12-21-17)24-8-6-13(7-9-24)19(25)23-16-4-5-16/h1-3,10-13,16H,4-9H2,(H,23,25). The second kappa shape index (κ2) is 6.78. The second-order valence-electron chi connectivity index (χ2n) is 6.82. The van der Waals surface area contributed by atoms with Gasteiger partial charge in [0.25, 0.3) is 0 Å². The molecule has 2 aromatic rings. The molecule has 1 saturated carbocycles. The van der Waals surface area contributed by atoms with Crippen LogP contribution in [-0.2, 0) is 4.79 Å². The summed E-state index contributed by atoms with van der Waals surface area (Å²) in [6.07, 6.45) is 5.42. The lowest BCUT2D eigenvalue weighted by Crippen LogP contribution is -2.41. The summed E-state index contributed by atoms with van der Waals surface area (Å²) in [6, 6.07) is 8.71. The number of halogens is 1. The molecule has 130 valence electrons. The Hall–Kier alpha value is -2.50. The van der Waals surface area contributed by atoms with Gasteiger partial charge in [-0.15, -0.1) is 0 Å². The minimum absolute atomic E-state index is 0.0985. The van der Waals surface area contributed by atoms with Gasteiger partial charge in [0, 0.05) is 36.7 Å². The molecule has 4 rings (SSSR count). The summed E-state index contributed by atoms with van der Waals surface area (Å²) in [5.74, 6) is 0.849. The topological polar surface area (TPSA) is 58.1 Å². The van der Waals surface area contributed by atoms with Crippen molar-refractivity contribution in [3.05, 3.63) is 42.5 Å². The molecule has 1 amide bonds. The molecule has 0 radical (unpaired) electrons. The highest BCUT2D eigenvalue weighted by Gasteiger charge is 2.30. The molecule has 0 bridgehead atoms. The minimum atomic E-state index is -0.278. The Labute approximate surface area is 146 Å². The summed E-state index contributed by atoms with van der Waals surface area (Å²) in [4.78, 5) is 23.0. The van der Waals surface area contributed by atoms with Crippen LogP contribution in [-0.4, -0.2) is 35.0 Å². The molecule has 1 aromatic carbocycles. The first-order valence-electron chi connectivity index (χ1n) is 8.82. The van der Waals surface area contributed by atoms with E-state index in [1.807, 2.05) is 12.1 Å². The van der Waals surface area contributed by atoms with Crippen LogP contribution in [0.5, 0.6) is 0 Å². The lowest BCUT2D eigenvalue weighted by Gasteiger charge is -2.32. The van der Waals surface area contributed by atoms with Gasteiger partial charge in [0.15, 0.2) is 0 Å². The number of aromatic nitrogens is 2. The van der Waals surface area contributed by atoms with Gasteiger partial charge in [-0.25, -0.2) is 14.4 Å². The first-order chi connectivity index (χ1) is 12.2. The van der Waals surface area contributed by atoms with E-state index in [-0.39, 0.29) is 17.6 Å². The smallest absolute Gasteiger partial charge is 0.223 e. The largest absolute Gasteiger partial charge is 0.356 e. The molecular weight excluding hydrogens is 319 g/mol. The quantitative estimate of drug-likeness (QED) is 0.930. The Balaban J connectivity index is 1.42. The number of benzene rings is 1. The molecule has 5 nitrogen and oxygen atoms in total. The third kappa shape index (κ3) is 3.78. The van der Waals surface area contributed by atoms with Gasteiger partial charge in [0.05, 0.1) is 5.69 Å². The Morgan fingerprint density at radius 2 is 1.92 bits per heavy atom. The third-order valence-electron chi connectivity index (χ3n) is 4.89. The van der Waals surface area contributed by atoms with Crippen molar-refractivity contribution in [2.75, 3.05) is 18.0 Å². The average molecular weight is 340 g/mol. The molecule has 2 heterocycles. The lowest BCUT2D eigenvalue weighted by molar-refractivity contribution is -0.125. The van der Waals surface area contributed by atoms with Crippen LogP contribution < -0.4 is 10.2 Å². The van der Waals surface area contributed by atoms with Gasteiger partial charge in [0.2, 0.25) is 5.91 Å². The SMILES string of the molecule is O=C(NC1CC1)C1CCN(c2cc(-c3cccc(F)c3)ncn2)CC1. The fourth-order valence-corrected chi connectivity index (χ4v) is 3.24. The zero-order valence-corrected chi connectivity index (χ0v) is 14.0. The molecule has 6 heteroatoms. The molecule has 2 fully saturated rings. The van der Waals surface area contributed by atoms with Crippen molar-refractivity contribution >= 4 is 11.7 Å². The maximum absolute atomic E-state index is 13.4. The van der Waals surface area contributed by atoms with E-state index in [0.717, 1.165) is 50.2 Å². The highest BCUT2D eigenvalue weighted by atomic mass is 19.1. The lowest BCUT2D eigenvalue weighted by atomic mass is 9.96. The van der Waals surface area contributed by atoms with Gasteiger partial charge in [-0.2, -0.15) is 0 Å². The maximum atomic E-state index is 13.4. The predicted molar refractivity (Wildman–Crippen MR) is 93.5 cm³/mol. The summed E-state index contributed by atoms with van der Waals surface area (Å²) in [5.41, 5.74) is 1.44. The van der Waals surface area contributed by atoms with Crippen LogP contribution in [0.25, 0.3) is 11.3 Å². The summed E-state index contributed by atoms with van der Waals surface area (Å²) in [5, 5.41) is 3.10. The summed E-state index contributed by atoms with van der Waals surface area (Å²) < 4.78 is 13.4. The Kier molecular flexibility index (Phi) is 4.34. The normalized spacial score (nSPS) is 18.2. The van der Waals surface area contributed by atoms with Crippen LogP contribution in [0.3, 0.4) is 0 Å². The molecule has 2 aliphatic rings. The summed E-state index contributed by atoms with van der Waals surface area (Å²) in [6.45, 7) is 1.59. The van der Waals surface area contributed by atoms with Crippen molar-refractivity contribution in [3.8, 4) is 11.3 Å². The van der Waals surface area contributed by atoms with Crippen LogP contribution >= 0.6 is 0 Å². The number of carbonyl (C=O) groups is 1. The Morgan fingerprint density at radius 1 is 1.12 bits per heavy atom. The van der Waals surface area contributed by atoms with E-state index in [9.17, 15) is 9.18 Å². The minimum Gasteiger partial charge on any atom is -0.356 e. The van der Waals surface area contributed by atoms with Crippen molar-refractivity contribution in [1.29, 1.82) is 0 Å². The van der Waals surface area contributed by atoms with Crippen LogP contribution in [0.1, 0.15) is 25.7 Å². The number of amides is 1. The monoisotopic (exact) mass is 340 g/mol. The molecule has 0 spiro atoms. The number of nitrogens with one attached hydrogen (secondary N) is 1. The van der Waals surface area contributed by atoms with E-state index in [0.29, 0.717) is 11.7 Å². The molecule has 0 atom stereocenters. The number of piperidine rings is 1. The number of hydrogen-bond donors (Lipinski definition) is 1. The number of nitrogens with zero attached hydrogens (tertiary/aromatic N) is 3. The number of rotatable bonds is 4. The molecule has 1 aromatic heterocycles. The average Bonchev–Trinajstić information content (AvgIpc) is 3.46. The van der Waals surface area contributed by atoms with Gasteiger partial charge in [0.1, 0.15) is 18.0 Å². The second-order valence-corrected chi connectivity index (χ2v) is 6.82. The molecule has 0 unspecified atom stereocenters. The molecule has 25 heavy (non-hydrogen) atoms. The van der Waals surface area contributed by atoms with Gasteiger partial charge in [-0.3, -0.25) is 4.79 Å². The van der Waals surface area contributed by atoms with Gasteiger partial charge in [-0.05, 0) is 37.8 Å². The highest BCUT2D eigenvalue weighted by Crippen LogP contribution is 2.26. The van der Waals surface area contributed by atoms with Gasteiger partial charge in [-0.1, -0.05) is 12.1 Å². The van der Waals surface area contributed by atoms with Crippen molar-refractivity contribution in [2.24, 2.45) is 5.92 Å². The zero-order valence-electron chi connectivity index (χ0n) is 14.0. The van der Waals surface area contributed by atoms with Gasteiger partial charge >= 0.3 is 0 Å². The van der Waals surface area contributed by atoms with Crippen molar-refractivity contribution in [3.63, 3.8) is 0 Å². The van der Waals surface area contributed by atoms with Crippen LogP contribution in [0.4, 0.5) is 10.2 Å². The van der Waals surface area contributed by atoms with Crippen molar-refractivity contribution in [1.82, 2.24) is 15.3 Å².